The summed E-state index contributed by atoms with van der Waals surface area (Å²) in [6, 6.07) is 1.74. The number of halogens is 3. The van der Waals surface area contributed by atoms with Crippen LogP contribution in [0.2, 0.25) is 0 Å². The largest absolute Gasteiger partial charge is 0.416 e. The van der Waals surface area contributed by atoms with Gasteiger partial charge in [-0.2, -0.15) is 13.2 Å². The van der Waals surface area contributed by atoms with Crippen LogP contribution in [0.25, 0.3) is 0 Å². The van der Waals surface area contributed by atoms with Crippen LogP contribution in [0.15, 0.2) is 18.2 Å². The molecule has 0 saturated heterocycles. The van der Waals surface area contributed by atoms with Gasteiger partial charge in [-0.3, -0.25) is 14.9 Å². The van der Waals surface area contributed by atoms with Gasteiger partial charge in [-0.25, -0.2) is 0 Å². The summed E-state index contributed by atoms with van der Waals surface area (Å²) in [5, 5.41) is 12.7. The molecule has 1 amide bonds. The zero-order valence-electron chi connectivity index (χ0n) is 8.54. The fourth-order valence-corrected chi connectivity index (χ4v) is 1.19. The highest BCUT2D eigenvalue weighted by atomic mass is 19.4. The SMILES string of the molecule is CNC(=O)c1ccc(C(F)(F)F)cc1[N+](=O)[O-]. The molecule has 1 N–H and O–H groups in total. The highest BCUT2D eigenvalue weighted by molar-refractivity contribution is 5.98. The lowest BCUT2D eigenvalue weighted by molar-refractivity contribution is -0.385. The van der Waals surface area contributed by atoms with Crippen molar-refractivity contribution in [2.24, 2.45) is 0 Å². The smallest absolute Gasteiger partial charge is 0.355 e. The Bertz CT molecular complexity index is 471. The van der Waals surface area contributed by atoms with Gasteiger partial charge in [-0.15, -0.1) is 0 Å². The Balaban J connectivity index is 3.37. The molecule has 0 unspecified atom stereocenters. The Labute approximate surface area is 93.4 Å². The Morgan fingerprint density at radius 1 is 1.41 bits per heavy atom. The molecule has 1 aromatic carbocycles. The van der Waals surface area contributed by atoms with Gasteiger partial charge in [-0.1, -0.05) is 0 Å². The number of nitro benzene ring substituents is 1. The van der Waals surface area contributed by atoms with Gasteiger partial charge in [0.15, 0.2) is 0 Å². The third-order valence-electron chi connectivity index (χ3n) is 1.99. The Kier molecular flexibility index (Phi) is 3.35. The van der Waals surface area contributed by atoms with E-state index < -0.39 is 33.8 Å². The number of hydrogen-bond acceptors (Lipinski definition) is 3. The van der Waals surface area contributed by atoms with Crippen LogP contribution >= 0.6 is 0 Å². The second kappa shape index (κ2) is 4.40. The van der Waals surface area contributed by atoms with Crippen LogP contribution in [0.1, 0.15) is 15.9 Å². The lowest BCUT2D eigenvalue weighted by Crippen LogP contribution is -2.19. The van der Waals surface area contributed by atoms with Crippen molar-refractivity contribution in [3.8, 4) is 0 Å². The number of carbonyl (C=O) groups is 1. The van der Waals surface area contributed by atoms with Gasteiger partial charge >= 0.3 is 6.18 Å². The summed E-state index contributed by atoms with van der Waals surface area (Å²) in [4.78, 5) is 20.8. The summed E-state index contributed by atoms with van der Waals surface area (Å²) in [6.45, 7) is 0. The summed E-state index contributed by atoms with van der Waals surface area (Å²) in [7, 11) is 1.23. The van der Waals surface area contributed by atoms with Crippen molar-refractivity contribution >= 4 is 11.6 Å². The van der Waals surface area contributed by atoms with Crippen LogP contribution in [-0.4, -0.2) is 17.9 Å². The molecule has 8 heteroatoms. The zero-order valence-corrected chi connectivity index (χ0v) is 8.54. The van der Waals surface area contributed by atoms with Crippen LogP contribution in [0.3, 0.4) is 0 Å². The number of alkyl halides is 3. The zero-order chi connectivity index (χ0) is 13.2. The molecule has 0 aliphatic heterocycles. The quantitative estimate of drug-likeness (QED) is 0.642. The molecule has 0 fully saturated rings. The molecular formula is C9H7F3N2O3. The first-order valence-electron chi connectivity index (χ1n) is 4.35. The highest BCUT2D eigenvalue weighted by Crippen LogP contribution is 2.32. The van der Waals surface area contributed by atoms with Crippen molar-refractivity contribution in [2.75, 3.05) is 7.05 Å². The Morgan fingerprint density at radius 2 is 2.00 bits per heavy atom. The van der Waals surface area contributed by atoms with Crippen LogP contribution in [0, 0.1) is 10.1 Å². The van der Waals surface area contributed by atoms with Crippen LogP contribution in [0.5, 0.6) is 0 Å². The first-order valence-corrected chi connectivity index (χ1v) is 4.35. The van der Waals surface area contributed by atoms with Crippen molar-refractivity contribution in [1.82, 2.24) is 5.32 Å². The van der Waals surface area contributed by atoms with E-state index in [1.54, 1.807) is 0 Å². The molecule has 0 heterocycles. The maximum atomic E-state index is 12.3. The molecule has 0 aromatic heterocycles. The molecule has 0 atom stereocenters. The molecular weight excluding hydrogens is 241 g/mol. The van der Waals surface area contributed by atoms with Crippen molar-refractivity contribution < 1.29 is 22.9 Å². The summed E-state index contributed by atoms with van der Waals surface area (Å²) in [6.07, 6.45) is -4.69. The van der Waals surface area contributed by atoms with E-state index in [1.807, 2.05) is 0 Å². The number of nitrogens with zero attached hydrogens (tertiary/aromatic N) is 1. The van der Waals surface area contributed by atoms with Crippen molar-refractivity contribution in [2.45, 2.75) is 6.18 Å². The lowest BCUT2D eigenvalue weighted by atomic mass is 10.1. The maximum absolute atomic E-state index is 12.3. The van der Waals surface area contributed by atoms with E-state index in [0.717, 1.165) is 6.07 Å². The minimum atomic E-state index is -4.69. The molecule has 0 saturated carbocycles. The molecule has 0 aliphatic rings. The predicted octanol–water partition coefficient (Wildman–Crippen LogP) is 1.97. The van der Waals surface area contributed by atoms with E-state index in [2.05, 4.69) is 5.32 Å². The minimum absolute atomic E-state index is 0.338. The normalized spacial score (nSPS) is 11.1. The van der Waals surface area contributed by atoms with E-state index in [4.69, 9.17) is 0 Å². The van der Waals surface area contributed by atoms with Crippen LogP contribution < -0.4 is 5.32 Å². The van der Waals surface area contributed by atoms with Gasteiger partial charge in [0.2, 0.25) is 0 Å². The lowest BCUT2D eigenvalue weighted by Gasteiger charge is -2.07. The van der Waals surface area contributed by atoms with Crippen molar-refractivity contribution in [3.05, 3.63) is 39.4 Å². The number of hydrogen-bond donors (Lipinski definition) is 1. The third-order valence-corrected chi connectivity index (χ3v) is 1.99. The first kappa shape index (κ1) is 12.9. The molecule has 17 heavy (non-hydrogen) atoms. The number of nitrogens with one attached hydrogen (secondary N) is 1. The fraction of sp³-hybridized carbons (Fsp3) is 0.222. The second-order valence-corrected chi connectivity index (χ2v) is 3.07. The van der Waals surface area contributed by atoms with E-state index in [0.29, 0.717) is 12.1 Å². The number of carbonyl (C=O) groups excluding carboxylic acids is 1. The van der Waals surface area contributed by atoms with Crippen LogP contribution in [-0.2, 0) is 6.18 Å². The summed E-state index contributed by atoms with van der Waals surface area (Å²) in [5.41, 5.74) is -2.46. The van der Waals surface area contributed by atoms with Crippen molar-refractivity contribution in [1.29, 1.82) is 0 Å². The van der Waals surface area contributed by atoms with Gasteiger partial charge in [0, 0.05) is 13.1 Å². The molecule has 1 rings (SSSR count). The van der Waals surface area contributed by atoms with E-state index >= 15 is 0 Å². The number of amides is 1. The first-order chi connectivity index (χ1) is 7.77. The molecule has 1 aromatic rings. The summed E-state index contributed by atoms with van der Waals surface area (Å²) in [5.74, 6) is -0.814. The minimum Gasteiger partial charge on any atom is -0.355 e. The Morgan fingerprint density at radius 3 is 2.41 bits per heavy atom. The maximum Gasteiger partial charge on any atom is 0.416 e. The van der Waals surface area contributed by atoms with Gasteiger partial charge < -0.3 is 5.32 Å². The highest BCUT2D eigenvalue weighted by Gasteiger charge is 2.33. The topological polar surface area (TPSA) is 72.2 Å². The third kappa shape index (κ3) is 2.71. The van der Waals surface area contributed by atoms with E-state index in [1.165, 1.54) is 7.05 Å². The molecule has 0 radical (unpaired) electrons. The number of nitro groups is 1. The Hall–Kier alpha value is -2.12. The second-order valence-electron chi connectivity index (χ2n) is 3.07. The molecule has 0 spiro atoms. The summed E-state index contributed by atoms with van der Waals surface area (Å²) < 4.78 is 37.0. The van der Waals surface area contributed by atoms with E-state index in [9.17, 15) is 28.1 Å². The average molecular weight is 248 g/mol. The number of benzene rings is 1. The standard InChI is InChI=1S/C9H7F3N2O3/c1-13-8(15)6-3-2-5(9(10,11)12)4-7(6)14(16)17/h2-4H,1H3,(H,13,15). The van der Waals surface area contributed by atoms with Gasteiger partial charge in [0.25, 0.3) is 11.6 Å². The number of rotatable bonds is 2. The predicted molar refractivity (Wildman–Crippen MR) is 51.5 cm³/mol. The van der Waals surface area contributed by atoms with E-state index in [-0.39, 0.29) is 0 Å². The summed E-state index contributed by atoms with van der Waals surface area (Å²) >= 11 is 0. The fourth-order valence-electron chi connectivity index (χ4n) is 1.19. The molecule has 0 aliphatic carbocycles. The molecule has 92 valence electrons. The van der Waals surface area contributed by atoms with Gasteiger partial charge in [0.05, 0.1) is 10.5 Å². The van der Waals surface area contributed by atoms with Crippen LogP contribution in [0.4, 0.5) is 18.9 Å². The monoisotopic (exact) mass is 248 g/mol. The molecule has 5 nitrogen and oxygen atoms in total. The average Bonchev–Trinajstić information content (AvgIpc) is 2.25. The molecule has 0 bridgehead atoms. The van der Waals surface area contributed by atoms with Gasteiger partial charge in [0.1, 0.15) is 5.56 Å². The van der Waals surface area contributed by atoms with Gasteiger partial charge in [-0.05, 0) is 12.1 Å². The van der Waals surface area contributed by atoms with Crippen molar-refractivity contribution in [3.63, 3.8) is 0 Å².